The lowest BCUT2D eigenvalue weighted by Crippen LogP contribution is -2.99. The van der Waals surface area contributed by atoms with Gasteiger partial charge in [-0.15, -0.1) is 0 Å². The highest BCUT2D eigenvalue weighted by molar-refractivity contribution is 6.51. The van der Waals surface area contributed by atoms with Gasteiger partial charge in [0.25, 0.3) is 11.5 Å². The molecule has 0 aliphatic carbocycles. The molecule has 2 aromatic carbocycles. The van der Waals surface area contributed by atoms with Crippen molar-refractivity contribution in [2.24, 2.45) is 0 Å². The molecule has 29 heavy (non-hydrogen) atoms. The van der Waals surface area contributed by atoms with E-state index in [9.17, 15) is 19.6 Å². The monoisotopic (exact) mass is 392 g/mol. The van der Waals surface area contributed by atoms with Gasteiger partial charge >= 0.3 is 0 Å². The number of quaternary nitrogens is 1. The quantitative estimate of drug-likeness (QED) is 0.413. The summed E-state index contributed by atoms with van der Waals surface area (Å²) in [4.78, 5) is 39.6. The number of ketones is 1. The Morgan fingerprint density at radius 3 is 2.41 bits per heavy atom. The minimum Gasteiger partial charge on any atom is -0.595 e. The smallest absolute Gasteiger partial charge is 0.271 e. The molecule has 1 amide bonds. The highest BCUT2D eigenvalue weighted by Gasteiger charge is 2.33. The lowest BCUT2D eigenvalue weighted by molar-refractivity contribution is -0.991. The average molecular weight is 392 g/mol. The van der Waals surface area contributed by atoms with Crippen LogP contribution in [0, 0.1) is 5.21 Å². The maximum Gasteiger partial charge on any atom is 0.271 e. The van der Waals surface area contributed by atoms with E-state index >= 15 is 0 Å². The summed E-state index contributed by atoms with van der Waals surface area (Å²) in [6.45, 7) is 0. The zero-order chi connectivity index (χ0) is 20.7. The Bertz CT molecular complexity index is 1300. The van der Waals surface area contributed by atoms with Gasteiger partial charge in [0.1, 0.15) is 5.57 Å². The molecule has 9 nitrogen and oxygen atoms in total. The van der Waals surface area contributed by atoms with Crippen molar-refractivity contribution in [3.8, 4) is 0 Å². The summed E-state index contributed by atoms with van der Waals surface area (Å²) >= 11 is 0. The second kappa shape index (κ2) is 6.99. The van der Waals surface area contributed by atoms with Gasteiger partial charge in [-0.25, -0.2) is 5.21 Å². The summed E-state index contributed by atoms with van der Waals surface area (Å²) in [5.74, 6) is -1.00. The predicted octanol–water partition coefficient (Wildman–Crippen LogP) is -1.05. The Hall–Kier alpha value is -3.79. The van der Waals surface area contributed by atoms with E-state index in [1.807, 2.05) is 0 Å². The molecule has 1 unspecified atom stereocenters. The molecule has 1 aliphatic heterocycles. The summed E-state index contributed by atoms with van der Waals surface area (Å²) < 4.78 is 0. The van der Waals surface area contributed by atoms with Gasteiger partial charge < -0.3 is 10.1 Å². The van der Waals surface area contributed by atoms with Gasteiger partial charge in [0.05, 0.1) is 16.3 Å². The van der Waals surface area contributed by atoms with Crippen molar-refractivity contribution in [3.63, 3.8) is 0 Å². The first-order chi connectivity index (χ1) is 13.9. The molecule has 146 valence electrons. The number of benzene rings is 2. The summed E-state index contributed by atoms with van der Waals surface area (Å²) in [6.07, 6.45) is 1.49. The molecule has 1 aliphatic rings. The number of Topliss-reactive ketones (excluding diaryl/α,β-unsaturated/α-hetero) is 1. The van der Waals surface area contributed by atoms with Gasteiger partial charge in [-0.05, 0) is 35.9 Å². The van der Waals surface area contributed by atoms with E-state index in [-0.39, 0.29) is 21.8 Å². The molecule has 0 saturated carbocycles. The number of H-pyrrole nitrogens is 2. The number of nitrogens with zero attached hydrogens (tertiary/aromatic N) is 1. The van der Waals surface area contributed by atoms with Crippen LogP contribution < -0.4 is 26.3 Å². The third kappa shape index (κ3) is 3.09. The molecule has 4 rings (SSSR count). The van der Waals surface area contributed by atoms with Crippen LogP contribution in [-0.2, 0) is 4.79 Å². The number of amides is 1. The molecule has 1 aromatic heterocycles. The van der Waals surface area contributed by atoms with Gasteiger partial charge in [0, 0.05) is 24.7 Å². The van der Waals surface area contributed by atoms with Crippen molar-refractivity contribution >= 4 is 34.7 Å². The number of aromatic amines is 2. The molecular formula is C20H16N4O5. The molecule has 1 atom stereocenters. The fraction of sp³-hybridized carbons (Fsp3) is 0.0500. The van der Waals surface area contributed by atoms with Crippen molar-refractivity contribution in [1.82, 2.24) is 10.2 Å². The molecule has 9 heteroatoms. The number of nitrogens with one attached hydrogen (secondary N) is 3. The standard InChI is InChI=1S/C20H16N4O5/c1-23-15-5-3-2-4-13(15)18(25)16(20(23)27)17-14(19(26)22-21-17)10-11-6-8-12(9-7-11)24(28)29/h2-10,21,24,28H,1H3,(H,22,26). The van der Waals surface area contributed by atoms with E-state index in [2.05, 4.69) is 10.2 Å². The van der Waals surface area contributed by atoms with E-state index < -0.39 is 22.5 Å². The first-order valence-corrected chi connectivity index (χ1v) is 8.66. The molecule has 3 aromatic rings. The van der Waals surface area contributed by atoms with Crippen LogP contribution in [0.1, 0.15) is 15.9 Å². The average Bonchev–Trinajstić information content (AvgIpc) is 3.07. The van der Waals surface area contributed by atoms with E-state index in [0.29, 0.717) is 16.8 Å². The summed E-state index contributed by atoms with van der Waals surface area (Å²) in [5, 5.41) is 24.2. The topological polar surface area (TPSA) is 134 Å². The van der Waals surface area contributed by atoms with Crippen LogP contribution in [0.25, 0.3) is 11.6 Å². The Labute approximate surface area is 163 Å². The molecular weight excluding hydrogens is 376 g/mol. The second-order valence-corrected chi connectivity index (χ2v) is 6.52. The van der Waals surface area contributed by atoms with Crippen molar-refractivity contribution in [3.05, 3.63) is 85.8 Å². The Kier molecular flexibility index (Phi) is 4.47. The number of carbonyl (C=O) groups is 2. The Balaban J connectivity index is 1.96. The first-order valence-electron chi connectivity index (χ1n) is 8.66. The van der Waals surface area contributed by atoms with Gasteiger partial charge in [0.15, 0.2) is 5.69 Å². The van der Waals surface area contributed by atoms with Crippen LogP contribution in [0.4, 0.5) is 11.4 Å². The fourth-order valence-electron chi connectivity index (χ4n) is 3.28. The maximum absolute atomic E-state index is 13.0. The maximum atomic E-state index is 13.0. The SMILES string of the molecule is CN1C(=O)C(=c2[nH][nH]c(=O)c2=Cc2ccc([NH+]([O-])O)cc2)C(=O)c2ccccc21. The zero-order valence-electron chi connectivity index (χ0n) is 15.2. The minimum atomic E-state index is -1.06. The molecule has 0 spiro atoms. The molecule has 4 N–H and O–H groups in total. The number of anilines is 1. The zero-order valence-corrected chi connectivity index (χ0v) is 15.2. The van der Waals surface area contributed by atoms with Gasteiger partial charge in [-0.2, -0.15) is 5.23 Å². The van der Waals surface area contributed by atoms with E-state index in [0.717, 1.165) is 0 Å². The Morgan fingerprint density at radius 2 is 1.72 bits per heavy atom. The van der Waals surface area contributed by atoms with Gasteiger partial charge in [-0.1, -0.05) is 12.1 Å². The number of carbonyl (C=O) groups excluding carboxylic acids is 2. The molecule has 0 fully saturated rings. The van der Waals surface area contributed by atoms with Crippen molar-refractivity contribution in [2.75, 3.05) is 11.9 Å². The molecule has 2 heterocycles. The van der Waals surface area contributed by atoms with Crippen LogP contribution >= 0.6 is 0 Å². The predicted molar refractivity (Wildman–Crippen MR) is 104 cm³/mol. The third-order valence-corrected chi connectivity index (χ3v) is 4.79. The third-order valence-electron chi connectivity index (χ3n) is 4.79. The molecule has 0 bridgehead atoms. The fourth-order valence-corrected chi connectivity index (χ4v) is 3.28. The lowest BCUT2D eigenvalue weighted by Gasteiger charge is -2.25. The lowest BCUT2D eigenvalue weighted by atomic mass is 9.95. The number of hydrogen-bond acceptors (Lipinski definition) is 5. The van der Waals surface area contributed by atoms with Gasteiger partial charge in [-0.3, -0.25) is 24.6 Å². The number of fused-ring (bicyclic) bond motifs is 1. The van der Waals surface area contributed by atoms with Crippen LogP contribution in [0.15, 0.2) is 53.3 Å². The van der Waals surface area contributed by atoms with E-state index in [1.54, 1.807) is 31.3 Å². The summed E-state index contributed by atoms with van der Waals surface area (Å²) in [5.41, 5.74) is 0.874. The van der Waals surface area contributed by atoms with E-state index in [4.69, 9.17) is 5.21 Å². The van der Waals surface area contributed by atoms with Crippen LogP contribution in [-0.4, -0.2) is 34.1 Å². The number of aromatic nitrogens is 2. The van der Waals surface area contributed by atoms with Crippen LogP contribution in [0.5, 0.6) is 0 Å². The molecule has 0 radical (unpaired) electrons. The summed E-state index contributed by atoms with van der Waals surface area (Å²) in [7, 11) is 1.56. The molecule has 0 saturated heterocycles. The normalized spacial score (nSPS) is 17.5. The second-order valence-electron chi connectivity index (χ2n) is 6.52. The number of rotatable bonds is 2. The van der Waals surface area contributed by atoms with E-state index in [1.165, 1.54) is 35.2 Å². The number of hydrogen-bond donors (Lipinski definition) is 4. The minimum absolute atomic E-state index is 0.0914. The highest BCUT2D eigenvalue weighted by Crippen LogP contribution is 2.28. The first kappa shape index (κ1) is 18.6. The highest BCUT2D eigenvalue weighted by atomic mass is 16.8. The van der Waals surface area contributed by atoms with Crippen molar-refractivity contribution in [2.45, 2.75) is 0 Å². The van der Waals surface area contributed by atoms with Crippen molar-refractivity contribution in [1.29, 1.82) is 0 Å². The largest absolute Gasteiger partial charge is 0.595 e. The van der Waals surface area contributed by atoms with Gasteiger partial charge in [0.2, 0.25) is 5.78 Å². The Morgan fingerprint density at radius 1 is 1.03 bits per heavy atom. The number of para-hydroxylation sites is 1. The summed E-state index contributed by atoms with van der Waals surface area (Å²) in [6, 6.07) is 12.6. The van der Waals surface area contributed by atoms with Crippen LogP contribution in [0.3, 0.4) is 0 Å². The van der Waals surface area contributed by atoms with Crippen molar-refractivity contribution < 1.29 is 20.0 Å². The van der Waals surface area contributed by atoms with Crippen LogP contribution in [0.2, 0.25) is 0 Å².